The summed E-state index contributed by atoms with van der Waals surface area (Å²) in [6.07, 6.45) is 7.27. The van der Waals surface area contributed by atoms with Crippen LogP contribution in [0, 0.1) is 11.3 Å². The van der Waals surface area contributed by atoms with Crippen LogP contribution in [0.5, 0.6) is 11.5 Å². The summed E-state index contributed by atoms with van der Waals surface area (Å²) in [7, 11) is 3.96. The average molecular weight is 632 g/mol. The van der Waals surface area contributed by atoms with Crippen molar-refractivity contribution in [3.63, 3.8) is 0 Å². The van der Waals surface area contributed by atoms with Gasteiger partial charge in [-0.05, 0) is 84.4 Å². The maximum Gasteiger partial charge on any atom is 0.224 e. The van der Waals surface area contributed by atoms with Crippen LogP contribution in [0.2, 0.25) is 5.02 Å². The fraction of sp³-hybridized carbons (Fsp3) is 0.471. The number of carbonyl (C=O) groups is 1. The number of nitriles is 1. The lowest BCUT2D eigenvalue weighted by Gasteiger charge is -2.36. The van der Waals surface area contributed by atoms with Gasteiger partial charge in [0.05, 0.1) is 40.1 Å². The molecule has 11 heteroatoms. The number of aliphatic imine (C=N–C) groups is 1. The molecule has 1 amide bonds. The van der Waals surface area contributed by atoms with Gasteiger partial charge in [0.2, 0.25) is 5.91 Å². The molecule has 1 aliphatic heterocycles. The third-order valence-corrected chi connectivity index (χ3v) is 8.53. The molecule has 238 valence electrons. The molecule has 0 saturated heterocycles. The van der Waals surface area contributed by atoms with Crippen molar-refractivity contribution >= 4 is 51.2 Å². The maximum atomic E-state index is 12.8. The van der Waals surface area contributed by atoms with Crippen molar-refractivity contribution in [3.05, 3.63) is 47.1 Å². The van der Waals surface area contributed by atoms with Gasteiger partial charge in [0.25, 0.3) is 0 Å². The standard InChI is InChI=1S/C34H42ClN7O3/c1-5-44-32-17-28-24(16-29(32)41-33(43)11-8-14-42(3)4)34(22(18-36)19-37-28)39-23-12-13-31(25(35)15-23)45-20-30-21(2)38-26-9-6-7-10-27(26)40-30/h12-13,15-17,19,21,26,30,38H,5-11,14,20H2,1-4H3,(H,37,39)(H,41,43). The molecular formula is C34H42ClN7O3. The van der Waals surface area contributed by atoms with E-state index in [1.54, 1.807) is 18.2 Å². The van der Waals surface area contributed by atoms with Crippen molar-refractivity contribution in [2.24, 2.45) is 4.99 Å². The highest BCUT2D eigenvalue weighted by molar-refractivity contribution is 6.32. The zero-order chi connectivity index (χ0) is 31.9. The molecule has 1 aromatic heterocycles. The van der Waals surface area contributed by atoms with Crippen LogP contribution in [-0.2, 0) is 4.79 Å². The second-order valence-corrected chi connectivity index (χ2v) is 12.3. The second-order valence-electron chi connectivity index (χ2n) is 11.9. The number of pyridine rings is 1. The molecule has 2 aromatic carbocycles. The predicted octanol–water partition coefficient (Wildman–Crippen LogP) is 6.31. The van der Waals surface area contributed by atoms with E-state index in [-0.39, 0.29) is 18.0 Å². The van der Waals surface area contributed by atoms with Crippen molar-refractivity contribution < 1.29 is 14.3 Å². The smallest absolute Gasteiger partial charge is 0.224 e. The zero-order valence-electron chi connectivity index (χ0n) is 26.5. The summed E-state index contributed by atoms with van der Waals surface area (Å²) in [5.41, 5.74) is 3.99. The molecule has 0 radical (unpaired) electrons. The minimum atomic E-state index is -0.109. The van der Waals surface area contributed by atoms with E-state index < -0.39 is 0 Å². The van der Waals surface area contributed by atoms with Crippen LogP contribution in [0.1, 0.15) is 57.9 Å². The van der Waals surface area contributed by atoms with Gasteiger partial charge in [-0.25, -0.2) is 0 Å². The van der Waals surface area contributed by atoms with E-state index in [0.717, 1.165) is 25.8 Å². The van der Waals surface area contributed by atoms with Gasteiger partial charge in [-0.1, -0.05) is 18.0 Å². The third-order valence-electron chi connectivity index (χ3n) is 8.23. The third kappa shape index (κ3) is 8.03. The number of benzene rings is 2. The molecule has 1 fully saturated rings. The van der Waals surface area contributed by atoms with E-state index >= 15 is 0 Å². The van der Waals surface area contributed by atoms with E-state index in [4.69, 9.17) is 26.1 Å². The molecule has 0 spiro atoms. The number of hydrogen-bond acceptors (Lipinski definition) is 9. The van der Waals surface area contributed by atoms with Crippen LogP contribution in [-0.4, -0.2) is 73.5 Å². The minimum absolute atomic E-state index is 0.0221. The number of carbonyl (C=O) groups excluding carboxylic acids is 1. The Morgan fingerprint density at radius 2 is 2.04 bits per heavy atom. The predicted molar refractivity (Wildman–Crippen MR) is 180 cm³/mol. The molecule has 3 atom stereocenters. The lowest BCUT2D eigenvalue weighted by atomic mass is 9.89. The number of halogens is 1. The quantitative estimate of drug-likeness (QED) is 0.213. The summed E-state index contributed by atoms with van der Waals surface area (Å²) in [6.45, 7) is 5.70. The number of rotatable bonds is 12. The van der Waals surface area contributed by atoms with Crippen LogP contribution in [0.4, 0.5) is 17.1 Å². The van der Waals surface area contributed by atoms with Gasteiger partial charge in [-0.15, -0.1) is 0 Å². The largest absolute Gasteiger partial charge is 0.492 e. The Balaban J connectivity index is 1.36. The molecule has 10 nitrogen and oxygen atoms in total. The van der Waals surface area contributed by atoms with Crippen molar-refractivity contribution in [1.29, 1.82) is 5.26 Å². The Bertz CT molecular complexity index is 1600. The Labute approximate surface area is 270 Å². The molecule has 1 saturated carbocycles. The van der Waals surface area contributed by atoms with Crippen molar-refractivity contribution in [2.45, 2.75) is 70.5 Å². The molecule has 5 rings (SSSR count). The first-order valence-corrected chi connectivity index (χ1v) is 16.1. The Morgan fingerprint density at radius 1 is 1.20 bits per heavy atom. The van der Waals surface area contributed by atoms with E-state index in [1.165, 1.54) is 24.8 Å². The summed E-state index contributed by atoms with van der Waals surface area (Å²) in [5.74, 6) is 0.980. The highest BCUT2D eigenvalue weighted by atomic mass is 35.5. The first kappa shape index (κ1) is 32.5. The summed E-state index contributed by atoms with van der Waals surface area (Å²) in [6, 6.07) is 11.9. The van der Waals surface area contributed by atoms with Crippen molar-refractivity contribution in [2.75, 3.05) is 44.5 Å². The van der Waals surface area contributed by atoms with Gasteiger partial charge in [0, 0.05) is 47.6 Å². The van der Waals surface area contributed by atoms with Crippen LogP contribution >= 0.6 is 11.6 Å². The molecule has 3 N–H and O–H groups in total. The molecular weight excluding hydrogens is 590 g/mol. The van der Waals surface area contributed by atoms with Gasteiger partial charge in [-0.2, -0.15) is 5.26 Å². The average Bonchev–Trinajstić information content (AvgIpc) is 3.01. The lowest BCUT2D eigenvalue weighted by molar-refractivity contribution is -0.116. The maximum absolute atomic E-state index is 12.8. The minimum Gasteiger partial charge on any atom is -0.492 e. The lowest BCUT2D eigenvalue weighted by Crippen LogP contribution is -2.54. The fourth-order valence-electron chi connectivity index (χ4n) is 5.86. The number of ether oxygens (including phenoxy) is 2. The van der Waals surface area contributed by atoms with Gasteiger partial charge in [-0.3, -0.25) is 14.8 Å². The van der Waals surface area contributed by atoms with E-state index in [0.29, 0.717) is 75.7 Å². The number of anilines is 3. The fourth-order valence-corrected chi connectivity index (χ4v) is 6.09. The van der Waals surface area contributed by atoms with Crippen LogP contribution in [0.3, 0.4) is 0 Å². The van der Waals surface area contributed by atoms with Crippen LogP contribution < -0.4 is 25.4 Å². The summed E-state index contributed by atoms with van der Waals surface area (Å²) >= 11 is 6.69. The molecule has 0 bridgehead atoms. The number of fused-ring (bicyclic) bond motifs is 2. The summed E-state index contributed by atoms with van der Waals surface area (Å²) in [5, 5.41) is 21.1. The van der Waals surface area contributed by atoms with Crippen LogP contribution in [0.15, 0.2) is 41.5 Å². The van der Waals surface area contributed by atoms with Crippen molar-refractivity contribution in [1.82, 2.24) is 15.2 Å². The van der Waals surface area contributed by atoms with E-state index in [2.05, 4.69) is 33.9 Å². The Morgan fingerprint density at radius 3 is 2.80 bits per heavy atom. The number of hydrogen-bond donors (Lipinski definition) is 3. The number of nitrogens with one attached hydrogen (secondary N) is 3. The zero-order valence-corrected chi connectivity index (χ0v) is 27.2. The highest BCUT2D eigenvalue weighted by Gasteiger charge is 2.31. The van der Waals surface area contributed by atoms with Gasteiger partial charge < -0.3 is 30.3 Å². The van der Waals surface area contributed by atoms with Crippen molar-refractivity contribution in [3.8, 4) is 17.6 Å². The first-order valence-electron chi connectivity index (χ1n) is 15.7. The summed E-state index contributed by atoms with van der Waals surface area (Å²) < 4.78 is 12.0. The topological polar surface area (TPSA) is 124 Å². The Hall–Kier alpha value is -3.91. The van der Waals surface area contributed by atoms with E-state index in [9.17, 15) is 10.1 Å². The van der Waals surface area contributed by atoms with Gasteiger partial charge in [0.1, 0.15) is 24.2 Å². The molecule has 3 unspecified atom stereocenters. The summed E-state index contributed by atoms with van der Waals surface area (Å²) in [4.78, 5) is 24.3. The number of nitrogens with zero attached hydrogens (tertiary/aromatic N) is 4. The molecule has 3 aromatic rings. The van der Waals surface area contributed by atoms with Gasteiger partial charge in [0.15, 0.2) is 0 Å². The highest BCUT2D eigenvalue weighted by Crippen LogP contribution is 2.37. The molecule has 2 heterocycles. The first-order chi connectivity index (χ1) is 21.7. The second kappa shape index (κ2) is 14.9. The molecule has 1 aliphatic carbocycles. The van der Waals surface area contributed by atoms with Crippen LogP contribution in [0.25, 0.3) is 10.9 Å². The number of aromatic nitrogens is 1. The monoisotopic (exact) mass is 631 g/mol. The molecule has 45 heavy (non-hydrogen) atoms. The van der Waals surface area contributed by atoms with Gasteiger partial charge >= 0.3 is 0 Å². The number of amides is 1. The molecule has 2 aliphatic rings. The Kier molecular flexibility index (Phi) is 10.8. The normalized spacial score (nSPS) is 19.4. The van der Waals surface area contributed by atoms with E-state index in [1.807, 2.05) is 38.1 Å². The SMILES string of the molecule is CCOc1cc2ncc(C#N)c(Nc3ccc(OCC4N=C5CCCCC5NC4C)c(Cl)c3)c2cc1NC(=O)CCCN(C)C.